The van der Waals surface area contributed by atoms with E-state index in [-0.39, 0.29) is 29.9 Å². The fraction of sp³-hybridized carbons (Fsp3) is 0.571. The molecule has 2 heterocycles. The van der Waals surface area contributed by atoms with Crippen LogP contribution < -0.4 is 5.32 Å². The number of amides is 2. The van der Waals surface area contributed by atoms with Crippen LogP contribution in [0, 0.1) is 12.8 Å². The Balaban J connectivity index is 1.69. The highest BCUT2D eigenvalue weighted by molar-refractivity contribution is 8.00. The van der Waals surface area contributed by atoms with Crippen LogP contribution in [0.4, 0.5) is 5.82 Å². The summed E-state index contributed by atoms with van der Waals surface area (Å²) < 4.78 is 4.84. The number of aryl methyl sites for hydroxylation is 1. The number of rotatable bonds is 6. The lowest BCUT2D eigenvalue weighted by atomic mass is 9.98. The van der Waals surface area contributed by atoms with Gasteiger partial charge in [-0.25, -0.2) is 0 Å². The second-order valence-corrected chi connectivity index (χ2v) is 6.37. The topological polar surface area (TPSA) is 113 Å². The number of carbonyl (C=O) groups excluding carboxylic acids is 2. The van der Waals surface area contributed by atoms with Crippen LogP contribution in [0.5, 0.6) is 0 Å². The summed E-state index contributed by atoms with van der Waals surface area (Å²) in [4.78, 5) is 36.3. The largest absolute Gasteiger partial charge is 0.481 e. The Morgan fingerprint density at radius 3 is 2.91 bits per heavy atom. The molecule has 1 unspecified atom stereocenters. The summed E-state index contributed by atoms with van der Waals surface area (Å²) in [6.45, 7) is 2.55. The van der Waals surface area contributed by atoms with Crippen molar-refractivity contribution in [3.05, 3.63) is 11.8 Å². The summed E-state index contributed by atoms with van der Waals surface area (Å²) in [5.74, 6) is -0.537. The van der Waals surface area contributed by atoms with E-state index in [1.165, 1.54) is 11.8 Å². The first kappa shape index (κ1) is 17.3. The summed E-state index contributed by atoms with van der Waals surface area (Å²) in [7, 11) is 0. The molecule has 1 aliphatic rings. The van der Waals surface area contributed by atoms with Crippen LogP contribution in [0.3, 0.4) is 0 Å². The van der Waals surface area contributed by atoms with Crippen molar-refractivity contribution >= 4 is 35.4 Å². The Labute approximate surface area is 137 Å². The van der Waals surface area contributed by atoms with Crippen molar-refractivity contribution in [2.45, 2.75) is 19.8 Å². The van der Waals surface area contributed by atoms with E-state index in [4.69, 9.17) is 9.63 Å². The SMILES string of the molecule is Cc1cc(NC(=O)CSCC(=O)N2CCCC(C(=O)O)C2)no1. The molecule has 0 radical (unpaired) electrons. The van der Waals surface area contributed by atoms with Crippen molar-refractivity contribution in [1.82, 2.24) is 10.1 Å². The van der Waals surface area contributed by atoms with Crippen LogP contribution in [0.2, 0.25) is 0 Å². The third-order valence-electron chi connectivity index (χ3n) is 3.48. The van der Waals surface area contributed by atoms with Gasteiger partial charge in [0.25, 0.3) is 0 Å². The van der Waals surface area contributed by atoms with E-state index in [1.807, 2.05) is 0 Å². The normalized spacial score (nSPS) is 17.8. The molecule has 1 aliphatic heterocycles. The molecule has 1 aromatic heterocycles. The Bertz CT molecular complexity index is 589. The lowest BCUT2D eigenvalue weighted by Gasteiger charge is -2.30. The van der Waals surface area contributed by atoms with E-state index in [0.717, 1.165) is 0 Å². The standard InChI is InChI=1S/C14H19N3O5S/c1-9-5-11(16-22-9)15-12(18)7-23-8-13(19)17-4-2-3-10(6-17)14(20)21/h5,10H,2-4,6-8H2,1H3,(H,20,21)(H,15,16,18). The Kier molecular flexibility index (Phi) is 6.03. The van der Waals surface area contributed by atoms with E-state index in [9.17, 15) is 14.4 Å². The highest BCUT2D eigenvalue weighted by atomic mass is 32.2. The molecule has 2 rings (SSSR count). The molecule has 2 amide bonds. The van der Waals surface area contributed by atoms with Gasteiger partial charge < -0.3 is 19.8 Å². The van der Waals surface area contributed by atoms with Gasteiger partial charge in [-0.2, -0.15) is 0 Å². The van der Waals surface area contributed by atoms with Gasteiger partial charge in [0.1, 0.15) is 5.76 Å². The van der Waals surface area contributed by atoms with Crippen molar-refractivity contribution in [3.63, 3.8) is 0 Å². The summed E-state index contributed by atoms with van der Waals surface area (Å²) >= 11 is 1.19. The molecule has 9 heteroatoms. The fourth-order valence-electron chi connectivity index (χ4n) is 2.33. The second kappa shape index (κ2) is 8.00. The van der Waals surface area contributed by atoms with Crippen molar-refractivity contribution in [2.24, 2.45) is 5.92 Å². The summed E-state index contributed by atoms with van der Waals surface area (Å²) in [5, 5.41) is 15.2. The van der Waals surface area contributed by atoms with Crippen LogP contribution in [-0.4, -0.2) is 57.5 Å². The molecule has 0 bridgehead atoms. The highest BCUT2D eigenvalue weighted by Crippen LogP contribution is 2.18. The number of carboxylic acids is 1. The van der Waals surface area contributed by atoms with Gasteiger partial charge in [-0.1, -0.05) is 5.16 Å². The zero-order valence-corrected chi connectivity index (χ0v) is 13.6. The van der Waals surface area contributed by atoms with Gasteiger partial charge in [0.15, 0.2) is 5.82 Å². The first-order valence-corrected chi connectivity index (χ1v) is 8.42. The van der Waals surface area contributed by atoms with Crippen molar-refractivity contribution < 1.29 is 24.0 Å². The minimum Gasteiger partial charge on any atom is -0.481 e. The van der Waals surface area contributed by atoms with Crippen LogP contribution in [0.1, 0.15) is 18.6 Å². The molecule has 1 fully saturated rings. The number of hydrogen-bond donors (Lipinski definition) is 2. The zero-order valence-electron chi connectivity index (χ0n) is 12.8. The Morgan fingerprint density at radius 2 is 2.26 bits per heavy atom. The maximum Gasteiger partial charge on any atom is 0.308 e. The number of anilines is 1. The number of nitrogens with zero attached hydrogens (tertiary/aromatic N) is 2. The number of likely N-dealkylation sites (tertiary alicyclic amines) is 1. The lowest BCUT2D eigenvalue weighted by molar-refractivity contribution is -0.145. The Morgan fingerprint density at radius 1 is 1.48 bits per heavy atom. The molecule has 0 aromatic carbocycles. The molecule has 0 saturated carbocycles. The van der Waals surface area contributed by atoms with Crippen LogP contribution in [0.25, 0.3) is 0 Å². The number of thioether (sulfide) groups is 1. The van der Waals surface area contributed by atoms with Gasteiger partial charge in [-0.3, -0.25) is 14.4 Å². The zero-order chi connectivity index (χ0) is 16.8. The quantitative estimate of drug-likeness (QED) is 0.793. The second-order valence-electron chi connectivity index (χ2n) is 5.38. The monoisotopic (exact) mass is 341 g/mol. The van der Waals surface area contributed by atoms with Crippen LogP contribution in [0.15, 0.2) is 10.6 Å². The number of piperidine rings is 1. The molecule has 0 spiro atoms. The summed E-state index contributed by atoms with van der Waals surface area (Å²) in [5.41, 5.74) is 0. The molecule has 8 nitrogen and oxygen atoms in total. The minimum absolute atomic E-state index is 0.119. The smallest absolute Gasteiger partial charge is 0.308 e. The van der Waals surface area contributed by atoms with E-state index < -0.39 is 11.9 Å². The lowest BCUT2D eigenvalue weighted by Crippen LogP contribution is -2.43. The van der Waals surface area contributed by atoms with E-state index in [2.05, 4.69) is 10.5 Å². The molecule has 126 valence electrons. The Hall–Kier alpha value is -2.03. The van der Waals surface area contributed by atoms with Gasteiger partial charge in [0, 0.05) is 19.2 Å². The van der Waals surface area contributed by atoms with Crippen molar-refractivity contribution in [1.29, 1.82) is 0 Å². The summed E-state index contributed by atoms with van der Waals surface area (Å²) in [6.07, 6.45) is 1.30. The number of carboxylic acid groups (broad SMARTS) is 1. The van der Waals surface area contributed by atoms with Gasteiger partial charge in [-0.15, -0.1) is 11.8 Å². The average Bonchev–Trinajstić information content (AvgIpc) is 2.92. The molecule has 1 saturated heterocycles. The molecular formula is C14H19N3O5S. The summed E-state index contributed by atoms with van der Waals surface area (Å²) in [6, 6.07) is 1.60. The molecular weight excluding hydrogens is 322 g/mol. The van der Waals surface area contributed by atoms with E-state index >= 15 is 0 Å². The minimum atomic E-state index is -0.863. The highest BCUT2D eigenvalue weighted by Gasteiger charge is 2.27. The van der Waals surface area contributed by atoms with E-state index in [0.29, 0.717) is 31.0 Å². The molecule has 0 aliphatic carbocycles. The number of carbonyl (C=O) groups is 3. The maximum atomic E-state index is 12.1. The predicted octanol–water partition coefficient (Wildman–Crippen LogP) is 0.978. The molecule has 23 heavy (non-hydrogen) atoms. The number of aliphatic carboxylic acids is 1. The fourth-order valence-corrected chi connectivity index (χ4v) is 3.05. The first-order valence-electron chi connectivity index (χ1n) is 7.27. The van der Waals surface area contributed by atoms with Gasteiger partial charge in [0.2, 0.25) is 11.8 Å². The third kappa shape index (κ3) is 5.27. The van der Waals surface area contributed by atoms with Crippen molar-refractivity contribution in [2.75, 3.05) is 29.9 Å². The molecule has 2 N–H and O–H groups in total. The average molecular weight is 341 g/mol. The van der Waals surface area contributed by atoms with Crippen LogP contribution in [-0.2, 0) is 14.4 Å². The predicted molar refractivity (Wildman–Crippen MR) is 84.1 cm³/mol. The molecule has 1 aromatic rings. The third-order valence-corrected chi connectivity index (χ3v) is 4.39. The van der Waals surface area contributed by atoms with Crippen LogP contribution >= 0.6 is 11.8 Å². The van der Waals surface area contributed by atoms with E-state index in [1.54, 1.807) is 17.9 Å². The first-order chi connectivity index (χ1) is 11.0. The van der Waals surface area contributed by atoms with Crippen molar-refractivity contribution in [3.8, 4) is 0 Å². The van der Waals surface area contributed by atoms with Gasteiger partial charge >= 0.3 is 5.97 Å². The maximum absolute atomic E-state index is 12.1. The van der Waals surface area contributed by atoms with Gasteiger partial charge in [0.05, 0.1) is 17.4 Å². The molecule has 1 atom stereocenters. The number of nitrogens with one attached hydrogen (secondary N) is 1. The van der Waals surface area contributed by atoms with Gasteiger partial charge in [-0.05, 0) is 19.8 Å². The number of aromatic nitrogens is 1. The number of hydrogen-bond acceptors (Lipinski definition) is 6.